The molecule has 0 atom stereocenters. The molecule has 0 spiro atoms. The number of hydrogen-bond donors (Lipinski definition) is 1. The molecule has 1 N–H and O–H groups in total. The Balaban J connectivity index is 1.76. The molecule has 0 bridgehead atoms. The lowest BCUT2D eigenvalue weighted by Crippen LogP contribution is -2.27. The van der Waals surface area contributed by atoms with Crippen molar-refractivity contribution in [3.05, 3.63) is 53.6 Å². The number of fused-ring (bicyclic) bond motifs is 1. The van der Waals surface area contributed by atoms with Crippen molar-refractivity contribution in [2.75, 3.05) is 23.4 Å². The third-order valence-corrected chi connectivity index (χ3v) is 4.55. The van der Waals surface area contributed by atoms with Gasteiger partial charge in [0.25, 0.3) is 5.91 Å². The minimum atomic E-state index is -0.182. The third-order valence-electron chi connectivity index (χ3n) is 4.55. The highest BCUT2D eigenvalue weighted by molar-refractivity contribution is 6.06. The maximum Gasteiger partial charge on any atom is 0.255 e. The molecule has 2 aromatic carbocycles. The van der Waals surface area contributed by atoms with Crippen molar-refractivity contribution in [3.63, 3.8) is 0 Å². The van der Waals surface area contributed by atoms with Crippen LogP contribution in [0, 0.1) is 5.92 Å². The van der Waals surface area contributed by atoms with Crippen LogP contribution in [0.5, 0.6) is 5.75 Å². The second kappa shape index (κ2) is 8.25. The lowest BCUT2D eigenvalue weighted by atomic mass is 10.1. The highest BCUT2D eigenvalue weighted by Gasteiger charge is 2.24. The first-order valence-corrected chi connectivity index (χ1v) is 9.46. The monoisotopic (exact) mass is 366 g/mol. The van der Waals surface area contributed by atoms with Gasteiger partial charge in [-0.15, -0.1) is 0 Å². The van der Waals surface area contributed by atoms with Gasteiger partial charge in [0, 0.05) is 24.2 Å². The van der Waals surface area contributed by atoms with Crippen molar-refractivity contribution in [2.24, 2.45) is 5.92 Å². The van der Waals surface area contributed by atoms with Gasteiger partial charge in [0.1, 0.15) is 5.75 Å². The molecule has 0 aliphatic carbocycles. The highest BCUT2D eigenvalue weighted by atomic mass is 16.5. The van der Waals surface area contributed by atoms with Crippen LogP contribution in [0.4, 0.5) is 11.4 Å². The number of ether oxygens (including phenoxy) is 1. The van der Waals surface area contributed by atoms with E-state index in [1.54, 1.807) is 11.0 Å². The number of carbonyl (C=O) groups is 2. The molecule has 0 radical (unpaired) electrons. The van der Waals surface area contributed by atoms with Gasteiger partial charge >= 0.3 is 0 Å². The zero-order valence-corrected chi connectivity index (χ0v) is 16.1. The molecule has 0 saturated carbocycles. The van der Waals surface area contributed by atoms with Crippen LogP contribution < -0.4 is 15.0 Å². The summed E-state index contributed by atoms with van der Waals surface area (Å²) < 4.78 is 5.80. The summed E-state index contributed by atoms with van der Waals surface area (Å²) in [6.07, 6.45) is 1.26. The average molecular weight is 366 g/mol. The van der Waals surface area contributed by atoms with Gasteiger partial charge in [0.15, 0.2) is 0 Å². The van der Waals surface area contributed by atoms with E-state index in [9.17, 15) is 9.59 Å². The van der Waals surface area contributed by atoms with Crippen molar-refractivity contribution in [2.45, 2.75) is 33.6 Å². The first kappa shape index (κ1) is 19.0. The molecule has 1 aliphatic heterocycles. The first-order valence-electron chi connectivity index (χ1n) is 9.46. The summed E-state index contributed by atoms with van der Waals surface area (Å²) in [5, 5.41) is 2.94. The minimum absolute atomic E-state index is 0.113. The summed E-state index contributed by atoms with van der Waals surface area (Å²) in [4.78, 5) is 26.5. The predicted molar refractivity (Wildman–Crippen MR) is 108 cm³/mol. The van der Waals surface area contributed by atoms with Gasteiger partial charge in [0.05, 0.1) is 12.3 Å². The zero-order chi connectivity index (χ0) is 19.4. The maximum absolute atomic E-state index is 12.7. The van der Waals surface area contributed by atoms with E-state index in [1.807, 2.05) is 43.3 Å². The van der Waals surface area contributed by atoms with Crippen molar-refractivity contribution >= 4 is 23.2 Å². The number of nitrogens with one attached hydrogen (secondary N) is 1. The summed E-state index contributed by atoms with van der Waals surface area (Å²) in [5.41, 5.74) is 3.19. The van der Waals surface area contributed by atoms with E-state index < -0.39 is 0 Å². The molecule has 1 heterocycles. The second-order valence-electron chi connectivity index (χ2n) is 7.15. The van der Waals surface area contributed by atoms with E-state index in [4.69, 9.17) is 4.74 Å². The number of benzene rings is 2. The van der Waals surface area contributed by atoms with E-state index in [0.29, 0.717) is 42.5 Å². The van der Waals surface area contributed by atoms with Gasteiger partial charge in [-0.2, -0.15) is 0 Å². The fourth-order valence-corrected chi connectivity index (χ4v) is 3.14. The molecule has 1 aliphatic rings. The molecule has 2 aromatic rings. The SMILES string of the molecule is CCC(=O)N1CCc2cc(C(=O)Nc3ccccc3OCC(C)C)ccc21. The van der Waals surface area contributed by atoms with Crippen LogP contribution in [0.2, 0.25) is 0 Å². The van der Waals surface area contributed by atoms with Crippen LogP contribution in [0.15, 0.2) is 42.5 Å². The van der Waals surface area contributed by atoms with Gasteiger partial charge in [-0.1, -0.05) is 32.9 Å². The Bertz CT molecular complexity index is 845. The molecule has 3 rings (SSSR count). The van der Waals surface area contributed by atoms with Gasteiger partial charge in [-0.3, -0.25) is 9.59 Å². The largest absolute Gasteiger partial charge is 0.491 e. The van der Waals surface area contributed by atoms with E-state index in [1.165, 1.54) is 0 Å². The summed E-state index contributed by atoms with van der Waals surface area (Å²) in [7, 11) is 0. The summed E-state index contributed by atoms with van der Waals surface area (Å²) in [6, 6.07) is 13.0. The summed E-state index contributed by atoms with van der Waals surface area (Å²) >= 11 is 0. The van der Waals surface area contributed by atoms with Crippen molar-refractivity contribution < 1.29 is 14.3 Å². The number of hydrogen-bond acceptors (Lipinski definition) is 3. The number of para-hydroxylation sites is 2. The Labute approximate surface area is 160 Å². The first-order chi connectivity index (χ1) is 13.0. The number of carbonyl (C=O) groups excluding carboxylic acids is 2. The van der Waals surface area contributed by atoms with E-state index in [0.717, 1.165) is 17.7 Å². The Morgan fingerprint density at radius 2 is 1.96 bits per heavy atom. The quantitative estimate of drug-likeness (QED) is 0.830. The molecular weight excluding hydrogens is 340 g/mol. The van der Waals surface area contributed by atoms with Crippen molar-refractivity contribution in [3.8, 4) is 5.75 Å². The molecule has 0 aromatic heterocycles. The minimum Gasteiger partial charge on any atom is -0.491 e. The molecule has 2 amide bonds. The Hall–Kier alpha value is -2.82. The zero-order valence-electron chi connectivity index (χ0n) is 16.1. The highest BCUT2D eigenvalue weighted by Crippen LogP contribution is 2.30. The topological polar surface area (TPSA) is 58.6 Å². The van der Waals surface area contributed by atoms with E-state index in [-0.39, 0.29) is 11.8 Å². The fourth-order valence-electron chi connectivity index (χ4n) is 3.14. The van der Waals surface area contributed by atoms with Crippen LogP contribution in [0.1, 0.15) is 43.1 Å². The molecule has 5 heteroatoms. The van der Waals surface area contributed by atoms with Crippen LogP contribution in [-0.2, 0) is 11.2 Å². The van der Waals surface area contributed by atoms with Gasteiger partial charge in [-0.25, -0.2) is 0 Å². The standard InChI is InChI=1S/C22H26N2O3/c1-4-21(25)24-12-11-16-13-17(9-10-19(16)24)22(26)23-18-7-5-6-8-20(18)27-14-15(2)3/h5-10,13,15H,4,11-12,14H2,1-3H3,(H,23,26). The normalized spacial score (nSPS) is 12.8. The average Bonchev–Trinajstić information content (AvgIpc) is 3.09. The molecule has 0 unspecified atom stereocenters. The second-order valence-corrected chi connectivity index (χ2v) is 7.15. The molecule has 0 saturated heterocycles. The van der Waals surface area contributed by atoms with Crippen molar-refractivity contribution in [1.82, 2.24) is 0 Å². The third kappa shape index (κ3) is 4.30. The van der Waals surface area contributed by atoms with Gasteiger partial charge < -0.3 is 15.0 Å². The van der Waals surface area contributed by atoms with Crippen LogP contribution in [0.3, 0.4) is 0 Å². The van der Waals surface area contributed by atoms with E-state index in [2.05, 4.69) is 19.2 Å². The fraction of sp³-hybridized carbons (Fsp3) is 0.364. The van der Waals surface area contributed by atoms with Crippen molar-refractivity contribution in [1.29, 1.82) is 0 Å². The predicted octanol–water partition coefficient (Wildman–Crippen LogP) is 4.27. The smallest absolute Gasteiger partial charge is 0.255 e. The van der Waals surface area contributed by atoms with E-state index >= 15 is 0 Å². The number of nitrogens with zero attached hydrogens (tertiary/aromatic N) is 1. The number of anilines is 2. The van der Waals surface area contributed by atoms with Gasteiger partial charge in [0.2, 0.25) is 5.91 Å². The van der Waals surface area contributed by atoms with Gasteiger partial charge in [-0.05, 0) is 48.2 Å². The van der Waals surface area contributed by atoms with Crippen LogP contribution in [0.25, 0.3) is 0 Å². The molecule has 0 fully saturated rings. The Morgan fingerprint density at radius 1 is 1.19 bits per heavy atom. The Kier molecular flexibility index (Phi) is 5.79. The lowest BCUT2D eigenvalue weighted by Gasteiger charge is -2.17. The summed E-state index contributed by atoms with van der Waals surface area (Å²) in [5.74, 6) is 1.00. The number of amides is 2. The molecule has 5 nitrogen and oxygen atoms in total. The van der Waals surface area contributed by atoms with Crippen LogP contribution >= 0.6 is 0 Å². The lowest BCUT2D eigenvalue weighted by molar-refractivity contribution is -0.118. The van der Waals surface area contributed by atoms with Crippen LogP contribution in [-0.4, -0.2) is 25.0 Å². The molecule has 142 valence electrons. The number of rotatable bonds is 6. The molecule has 27 heavy (non-hydrogen) atoms. The molecular formula is C22H26N2O3. The maximum atomic E-state index is 12.7. The Morgan fingerprint density at radius 3 is 2.70 bits per heavy atom. The summed E-state index contributed by atoms with van der Waals surface area (Å²) in [6.45, 7) is 7.30.